The minimum absolute atomic E-state index is 0.0387. The van der Waals surface area contributed by atoms with Crippen LogP contribution >= 0.6 is 11.6 Å². The largest absolute Gasteiger partial charge is 0.495 e. The van der Waals surface area contributed by atoms with E-state index < -0.39 is 10.0 Å². The second kappa shape index (κ2) is 8.33. The summed E-state index contributed by atoms with van der Waals surface area (Å²) in [4.78, 5) is 4.54. The van der Waals surface area contributed by atoms with E-state index in [1.807, 2.05) is 19.9 Å². The van der Waals surface area contributed by atoms with Crippen LogP contribution in [-0.2, 0) is 10.0 Å². The number of aryl methyl sites for hydroxylation is 2. The molecule has 0 aliphatic rings. The highest BCUT2D eigenvalue weighted by Crippen LogP contribution is 2.35. The molecule has 0 atom stereocenters. The molecule has 0 spiro atoms. The third-order valence-electron chi connectivity index (χ3n) is 4.95. The molecule has 4 aromatic rings. The number of hydrogen-bond acceptors (Lipinski definition) is 6. The fourth-order valence-corrected chi connectivity index (χ4v) is 4.92. The highest BCUT2D eigenvalue weighted by Gasteiger charge is 2.23. The maximum Gasteiger partial charge on any atom is 0.265 e. The van der Waals surface area contributed by atoms with Gasteiger partial charge in [-0.2, -0.15) is 5.10 Å². The van der Waals surface area contributed by atoms with Crippen molar-refractivity contribution >= 4 is 33.0 Å². The number of aromatic nitrogens is 3. The van der Waals surface area contributed by atoms with Gasteiger partial charge in [-0.1, -0.05) is 17.7 Å². The first-order valence-electron chi connectivity index (χ1n) is 9.60. The van der Waals surface area contributed by atoms with Crippen molar-refractivity contribution in [1.82, 2.24) is 14.6 Å². The van der Waals surface area contributed by atoms with Crippen molar-refractivity contribution in [1.29, 1.82) is 0 Å². The lowest BCUT2D eigenvalue weighted by Gasteiger charge is -2.15. The molecule has 166 valence electrons. The van der Waals surface area contributed by atoms with Gasteiger partial charge in [0.15, 0.2) is 5.65 Å². The Labute approximate surface area is 190 Å². The van der Waals surface area contributed by atoms with Gasteiger partial charge in [0.25, 0.3) is 10.0 Å². The molecule has 4 rings (SSSR count). The number of anilines is 1. The van der Waals surface area contributed by atoms with Gasteiger partial charge in [0, 0.05) is 22.0 Å². The van der Waals surface area contributed by atoms with Crippen molar-refractivity contribution in [2.45, 2.75) is 18.7 Å². The second-order valence-electron chi connectivity index (χ2n) is 7.15. The van der Waals surface area contributed by atoms with E-state index in [0.717, 1.165) is 11.4 Å². The summed E-state index contributed by atoms with van der Waals surface area (Å²) < 4.78 is 41.5. The van der Waals surface area contributed by atoms with E-state index in [1.165, 1.54) is 26.4 Å². The Hall–Kier alpha value is -3.30. The average Bonchev–Trinajstić information content (AvgIpc) is 3.17. The van der Waals surface area contributed by atoms with Crippen molar-refractivity contribution in [3.05, 3.63) is 65.1 Å². The topological polar surface area (TPSA) is 94.8 Å². The molecular weight excluding hydrogens is 452 g/mol. The molecule has 0 saturated heterocycles. The maximum atomic E-state index is 13.3. The number of rotatable bonds is 6. The summed E-state index contributed by atoms with van der Waals surface area (Å²) >= 11 is 6.05. The van der Waals surface area contributed by atoms with Gasteiger partial charge in [-0.05, 0) is 55.8 Å². The minimum Gasteiger partial charge on any atom is -0.495 e. The van der Waals surface area contributed by atoms with Gasteiger partial charge in [0.1, 0.15) is 16.4 Å². The molecule has 0 bridgehead atoms. The summed E-state index contributed by atoms with van der Waals surface area (Å²) in [5, 5.41) is 4.76. The predicted octanol–water partition coefficient (Wildman–Crippen LogP) is 4.48. The Balaban J connectivity index is 1.84. The minimum atomic E-state index is -4.05. The Bertz CT molecular complexity index is 1430. The summed E-state index contributed by atoms with van der Waals surface area (Å²) in [5.41, 5.74) is 3.97. The maximum absolute atomic E-state index is 13.3. The number of sulfonamides is 1. The van der Waals surface area contributed by atoms with Gasteiger partial charge in [-0.25, -0.2) is 17.9 Å². The van der Waals surface area contributed by atoms with Crippen LogP contribution in [0.25, 0.3) is 16.8 Å². The zero-order valence-electron chi connectivity index (χ0n) is 17.9. The lowest BCUT2D eigenvalue weighted by atomic mass is 10.1. The number of methoxy groups -OCH3 is 2. The quantitative estimate of drug-likeness (QED) is 0.444. The second-order valence-corrected chi connectivity index (χ2v) is 9.24. The summed E-state index contributed by atoms with van der Waals surface area (Å²) in [5.74, 6) is 0.532. The molecule has 0 fully saturated rings. The molecule has 2 aromatic carbocycles. The molecule has 0 aliphatic heterocycles. The molecule has 2 aromatic heterocycles. The van der Waals surface area contributed by atoms with E-state index in [4.69, 9.17) is 21.1 Å². The van der Waals surface area contributed by atoms with Crippen molar-refractivity contribution in [3.8, 4) is 22.6 Å². The Morgan fingerprint density at radius 2 is 1.72 bits per heavy atom. The lowest BCUT2D eigenvalue weighted by molar-refractivity contribution is 0.403. The number of nitrogens with one attached hydrogen (secondary N) is 1. The summed E-state index contributed by atoms with van der Waals surface area (Å²) in [6.45, 7) is 3.83. The van der Waals surface area contributed by atoms with Crippen LogP contribution in [0, 0.1) is 13.8 Å². The first kappa shape index (κ1) is 21.9. The SMILES string of the molecule is COc1ccc(Cl)cc1NS(=O)(=O)c1cc(-c2cnn3c(C)cc(C)nc23)ccc1OC. The van der Waals surface area contributed by atoms with Crippen LogP contribution in [-0.4, -0.2) is 37.2 Å². The van der Waals surface area contributed by atoms with Gasteiger partial charge >= 0.3 is 0 Å². The van der Waals surface area contributed by atoms with Crippen LogP contribution in [0.15, 0.2) is 53.6 Å². The zero-order valence-corrected chi connectivity index (χ0v) is 19.5. The van der Waals surface area contributed by atoms with Crippen LogP contribution in [0.1, 0.15) is 11.4 Å². The number of nitrogens with zero attached hydrogens (tertiary/aromatic N) is 3. The summed E-state index contributed by atoms with van der Waals surface area (Å²) in [7, 11) is -1.19. The smallest absolute Gasteiger partial charge is 0.265 e. The first-order valence-corrected chi connectivity index (χ1v) is 11.5. The molecule has 10 heteroatoms. The van der Waals surface area contributed by atoms with Crippen LogP contribution in [0.4, 0.5) is 5.69 Å². The van der Waals surface area contributed by atoms with Crippen molar-refractivity contribution in [2.24, 2.45) is 0 Å². The van der Waals surface area contributed by atoms with Gasteiger partial charge in [-0.15, -0.1) is 0 Å². The molecule has 32 heavy (non-hydrogen) atoms. The van der Waals surface area contributed by atoms with E-state index in [-0.39, 0.29) is 16.3 Å². The van der Waals surface area contributed by atoms with Crippen LogP contribution in [0.2, 0.25) is 5.02 Å². The Morgan fingerprint density at radius 3 is 2.44 bits per heavy atom. The zero-order chi connectivity index (χ0) is 23.0. The monoisotopic (exact) mass is 472 g/mol. The van der Waals surface area contributed by atoms with Gasteiger partial charge in [0.05, 0.1) is 26.1 Å². The van der Waals surface area contributed by atoms with Crippen LogP contribution < -0.4 is 14.2 Å². The fraction of sp³-hybridized carbons (Fsp3) is 0.182. The number of ether oxygens (including phenoxy) is 2. The molecule has 2 heterocycles. The third kappa shape index (κ3) is 3.96. The molecule has 0 aliphatic carbocycles. The van der Waals surface area contributed by atoms with Crippen molar-refractivity contribution in [3.63, 3.8) is 0 Å². The number of halogens is 1. The van der Waals surface area contributed by atoms with Crippen molar-refractivity contribution in [2.75, 3.05) is 18.9 Å². The van der Waals surface area contributed by atoms with Crippen LogP contribution in [0.3, 0.4) is 0 Å². The van der Waals surface area contributed by atoms with E-state index in [1.54, 1.807) is 35.0 Å². The lowest BCUT2D eigenvalue weighted by Crippen LogP contribution is -2.15. The normalized spacial score (nSPS) is 11.5. The Kier molecular flexibility index (Phi) is 5.70. The summed E-state index contributed by atoms with van der Waals surface area (Å²) in [6, 6.07) is 11.5. The number of benzene rings is 2. The standard InChI is InChI=1S/C22H21ClN4O4S/c1-13-9-14(2)27-22(25-13)17(12-24-27)15-5-7-20(31-4)21(10-15)32(28,29)26-18-11-16(23)6-8-19(18)30-3/h5-12,26H,1-4H3. The molecule has 0 amide bonds. The van der Waals surface area contributed by atoms with Gasteiger partial charge < -0.3 is 9.47 Å². The molecule has 8 nitrogen and oxygen atoms in total. The highest BCUT2D eigenvalue weighted by atomic mass is 35.5. The average molecular weight is 473 g/mol. The van der Waals surface area contributed by atoms with Gasteiger partial charge in [0.2, 0.25) is 0 Å². The Morgan fingerprint density at radius 1 is 1.00 bits per heavy atom. The molecule has 1 N–H and O–H groups in total. The number of hydrogen-bond donors (Lipinski definition) is 1. The van der Waals surface area contributed by atoms with E-state index >= 15 is 0 Å². The predicted molar refractivity (Wildman–Crippen MR) is 123 cm³/mol. The summed E-state index contributed by atoms with van der Waals surface area (Å²) in [6.07, 6.45) is 1.67. The van der Waals surface area contributed by atoms with Crippen molar-refractivity contribution < 1.29 is 17.9 Å². The third-order valence-corrected chi connectivity index (χ3v) is 6.57. The molecular formula is C22H21ClN4O4S. The first-order chi connectivity index (χ1) is 15.2. The fourth-order valence-electron chi connectivity index (χ4n) is 3.49. The van der Waals surface area contributed by atoms with E-state index in [9.17, 15) is 8.42 Å². The molecule has 0 radical (unpaired) electrons. The van der Waals surface area contributed by atoms with E-state index in [2.05, 4.69) is 14.8 Å². The van der Waals surface area contributed by atoms with E-state index in [0.29, 0.717) is 27.5 Å². The molecule has 0 unspecified atom stereocenters. The number of fused-ring (bicyclic) bond motifs is 1. The van der Waals surface area contributed by atoms with Crippen LogP contribution in [0.5, 0.6) is 11.5 Å². The van der Waals surface area contributed by atoms with Gasteiger partial charge in [-0.3, -0.25) is 4.72 Å². The molecule has 0 saturated carbocycles. The highest BCUT2D eigenvalue weighted by molar-refractivity contribution is 7.92.